The van der Waals surface area contributed by atoms with E-state index in [0.29, 0.717) is 25.2 Å². The summed E-state index contributed by atoms with van der Waals surface area (Å²) in [5, 5.41) is 13.2. The topological polar surface area (TPSA) is 50.7 Å². The van der Waals surface area contributed by atoms with Crippen LogP contribution >= 0.6 is 0 Å². The summed E-state index contributed by atoms with van der Waals surface area (Å²) in [6.45, 7) is 6.07. The maximum Gasteiger partial charge on any atom is 0.0897 e. The highest BCUT2D eigenvalue weighted by Crippen LogP contribution is 2.25. The minimum absolute atomic E-state index is 0.363. The van der Waals surface area contributed by atoms with E-state index in [4.69, 9.17) is 9.47 Å². The Hall–Kier alpha value is -0.160. The molecule has 0 aromatic carbocycles. The molecule has 1 saturated carbocycles. The first kappa shape index (κ1) is 15.2. The minimum Gasteiger partial charge on any atom is -0.389 e. The predicted octanol–water partition coefficient (Wildman–Crippen LogP) is 1.57. The predicted molar refractivity (Wildman–Crippen MR) is 75.2 cm³/mol. The van der Waals surface area contributed by atoms with Gasteiger partial charge in [0.05, 0.1) is 25.4 Å². The van der Waals surface area contributed by atoms with E-state index in [9.17, 15) is 5.11 Å². The Balaban J connectivity index is 1.50. The van der Waals surface area contributed by atoms with Crippen LogP contribution < -0.4 is 5.32 Å². The molecule has 0 aromatic heterocycles. The van der Waals surface area contributed by atoms with Gasteiger partial charge in [0.15, 0.2) is 0 Å². The fourth-order valence-electron chi connectivity index (χ4n) is 3.03. The minimum atomic E-state index is -0.389. The van der Waals surface area contributed by atoms with E-state index in [1.54, 1.807) is 0 Å². The number of rotatable bonds is 7. The third-order valence-corrected chi connectivity index (χ3v) is 4.25. The van der Waals surface area contributed by atoms with E-state index < -0.39 is 0 Å². The van der Waals surface area contributed by atoms with Gasteiger partial charge in [-0.2, -0.15) is 0 Å². The average molecular weight is 271 g/mol. The van der Waals surface area contributed by atoms with Crippen LogP contribution in [0.3, 0.4) is 0 Å². The van der Waals surface area contributed by atoms with Crippen LogP contribution in [-0.2, 0) is 9.47 Å². The lowest BCUT2D eigenvalue weighted by Crippen LogP contribution is -2.35. The van der Waals surface area contributed by atoms with Gasteiger partial charge in [-0.1, -0.05) is 19.8 Å². The van der Waals surface area contributed by atoms with Gasteiger partial charge in [0.1, 0.15) is 0 Å². The van der Waals surface area contributed by atoms with Gasteiger partial charge in [0.25, 0.3) is 0 Å². The molecule has 4 nitrogen and oxygen atoms in total. The molecule has 4 heteroatoms. The van der Waals surface area contributed by atoms with Gasteiger partial charge in [-0.25, -0.2) is 0 Å². The molecule has 2 rings (SSSR count). The van der Waals surface area contributed by atoms with Crippen LogP contribution in [0.1, 0.15) is 39.0 Å². The number of aliphatic hydroxyl groups excluding tert-OH is 1. The molecule has 0 spiro atoms. The maximum atomic E-state index is 9.90. The zero-order chi connectivity index (χ0) is 13.5. The van der Waals surface area contributed by atoms with Crippen molar-refractivity contribution in [2.24, 2.45) is 11.8 Å². The Labute approximate surface area is 116 Å². The van der Waals surface area contributed by atoms with Gasteiger partial charge < -0.3 is 19.9 Å². The van der Waals surface area contributed by atoms with Crippen LogP contribution in [0.4, 0.5) is 0 Å². The van der Waals surface area contributed by atoms with Crippen molar-refractivity contribution in [2.75, 3.05) is 32.9 Å². The highest BCUT2D eigenvalue weighted by atomic mass is 16.5. The van der Waals surface area contributed by atoms with Crippen molar-refractivity contribution in [3.8, 4) is 0 Å². The van der Waals surface area contributed by atoms with Gasteiger partial charge in [0, 0.05) is 19.7 Å². The second kappa shape index (κ2) is 8.20. The van der Waals surface area contributed by atoms with Crippen LogP contribution in [0, 0.1) is 11.8 Å². The molecule has 1 saturated heterocycles. The van der Waals surface area contributed by atoms with Crippen LogP contribution in [0.25, 0.3) is 0 Å². The molecule has 112 valence electrons. The van der Waals surface area contributed by atoms with Crippen LogP contribution in [0.5, 0.6) is 0 Å². The lowest BCUT2D eigenvalue weighted by atomic mass is 9.89. The third-order valence-electron chi connectivity index (χ3n) is 4.25. The molecule has 1 aliphatic heterocycles. The molecule has 0 aromatic rings. The van der Waals surface area contributed by atoms with Gasteiger partial charge in [0.2, 0.25) is 0 Å². The molecule has 1 aliphatic carbocycles. The molecule has 2 fully saturated rings. The van der Waals surface area contributed by atoms with Crippen molar-refractivity contribution in [3.63, 3.8) is 0 Å². The van der Waals surface area contributed by atoms with Crippen molar-refractivity contribution >= 4 is 0 Å². The Morgan fingerprint density at radius 1 is 1.37 bits per heavy atom. The zero-order valence-electron chi connectivity index (χ0n) is 12.1. The standard InChI is InChI=1S/C15H29NO3/c1-12-3-2-4-15(7-12)19-11-14(17)9-16-8-13-5-6-18-10-13/h12-17H,2-11H2,1H3. The zero-order valence-corrected chi connectivity index (χ0v) is 12.1. The Morgan fingerprint density at radius 3 is 3.00 bits per heavy atom. The van der Waals surface area contributed by atoms with Gasteiger partial charge in [-0.3, -0.25) is 0 Å². The summed E-state index contributed by atoms with van der Waals surface area (Å²) < 4.78 is 11.1. The lowest BCUT2D eigenvalue weighted by Gasteiger charge is -2.27. The Bertz CT molecular complexity index is 244. The smallest absolute Gasteiger partial charge is 0.0897 e. The van der Waals surface area contributed by atoms with Gasteiger partial charge in [-0.05, 0) is 31.1 Å². The summed E-state index contributed by atoms with van der Waals surface area (Å²) in [6, 6.07) is 0. The molecular weight excluding hydrogens is 242 g/mol. The second-order valence-corrected chi connectivity index (χ2v) is 6.27. The molecular formula is C15H29NO3. The molecule has 0 amide bonds. The summed E-state index contributed by atoms with van der Waals surface area (Å²) in [7, 11) is 0. The largest absolute Gasteiger partial charge is 0.389 e. The first-order valence-corrected chi connectivity index (χ1v) is 7.82. The van der Waals surface area contributed by atoms with Gasteiger partial charge >= 0.3 is 0 Å². The van der Waals surface area contributed by atoms with Crippen LogP contribution in [-0.4, -0.2) is 50.2 Å². The Kier molecular flexibility index (Phi) is 6.57. The van der Waals surface area contributed by atoms with Crippen molar-refractivity contribution in [3.05, 3.63) is 0 Å². The summed E-state index contributed by atoms with van der Waals surface area (Å²) in [5.74, 6) is 1.39. The number of aliphatic hydroxyl groups is 1. The van der Waals surface area contributed by atoms with Gasteiger partial charge in [-0.15, -0.1) is 0 Å². The summed E-state index contributed by atoms with van der Waals surface area (Å²) in [4.78, 5) is 0. The van der Waals surface area contributed by atoms with Crippen LogP contribution in [0.2, 0.25) is 0 Å². The molecule has 2 N–H and O–H groups in total. The molecule has 0 bridgehead atoms. The summed E-state index contributed by atoms with van der Waals surface area (Å²) in [6.07, 6.45) is 6.01. The van der Waals surface area contributed by atoms with Crippen molar-refractivity contribution in [1.29, 1.82) is 0 Å². The second-order valence-electron chi connectivity index (χ2n) is 6.27. The highest BCUT2D eigenvalue weighted by molar-refractivity contribution is 4.72. The fraction of sp³-hybridized carbons (Fsp3) is 1.00. The molecule has 4 unspecified atom stereocenters. The maximum absolute atomic E-state index is 9.90. The molecule has 0 radical (unpaired) electrons. The molecule has 19 heavy (non-hydrogen) atoms. The van der Waals surface area contributed by atoms with Crippen LogP contribution in [0.15, 0.2) is 0 Å². The number of hydrogen-bond acceptors (Lipinski definition) is 4. The van der Waals surface area contributed by atoms with E-state index in [1.807, 2.05) is 0 Å². The summed E-state index contributed by atoms with van der Waals surface area (Å²) in [5.41, 5.74) is 0. The third kappa shape index (κ3) is 5.78. The van der Waals surface area contributed by atoms with E-state index in [2.05, 4.69) is 12.2 Å². The van der Waals surface area contributed by atoms with E-state index in [1.165, 1.54) is 12.8 Å². The molecule has 2 aliphatic rings. The number of ether oxygens (including phenoxy) is 2. The summed E-state index contributed by atoms with van der Waals surface area (Å²) >= 11 is 0. The van der Waals surface area contributed by atoms with E-state index >= 15 is 0 Å². The highest BCUT2D eigenvalue weighted by Gasteiger charge is 2.20. The van der Waals surface area contributed by atoms with Crippen molar-refractivity contribution in [1.82, 2.24) is 5.32 Å². The van der Waals surface area contributed by atoms with E-state index in [-0.39, 0.29) is 6.10 Å². The SMILES string of the molecule is CC1CCCC(OCC(O)CNCC2CCOC2)C1. The quantitative estimate of drug-likeness (QED) is 0.738. The first-order chi connectivity index (χ1) is 9.24. The fourth-order valence-corrected chi connectivity index (χ4v) is 3.03. The molecule has 4 atom stereocenters. The number of nitrogens with one attached hydrogen (secondary N) is 1. The normalized spacial score (nSPS) is 33.5. The monoisotopic (exact) mass is 271 g/mol. The van der Waals surface area contributed by atoms with E-state index in [0.717, 1.165) is 44.9 Å². The number of hydrogen-bond donors (Lipinski definition) is 2. The lowest BCUT2D eigenvalue weighted by molar-refractivity contribution is -0.0307. The van der Waals surface area contributed by atoms with Crippen molar-refractivity contribution < 1.29 is 14.6 Å². The van der Waals surface area contributed by atoms with Crippen molar-refractivity contribution in [2.45, 2.75) is 51.2 Å². The first-order valence-electron chi connectivity index (χ1n) is 7.82. The Morgan fingerprint density at radius 2 is 2.26 bits per heavy atom. The molecule has 1 heterocycles. The average Bonchev–Trinajstić information content (AvgIpc) is 2.90.